The minimum Gasteiger partial charge on any atom is -0.466 e. The summed E-state index contributed by atoms with van der Waals surface area (Å²) in [6.07, 6.45) is 2.93. The van der Waals surface area contributed by atoms with Gasteiger partial charge in [-0.25, -0.2) is 4.79 Å². The molecule has 0 aliphatic heterocycles. The maximum absolute atomic E-state index is 10.8. The normalized spacial score (nSPS) is 10.4. The van der Waals surface area contributed by atoms with Gasteiger partial charge in [-0.3, -0.25) is 0 Å². The Labute approximate surface area is 87.1 Å². The van der Waals surface area contributed by atoms with Gasteiger partial charge in [-0.05, 0) is 23.8 Å². The first-order valence-corrected chi connectivity index (χ1v) is 4.32. The second-order valence-electron chi connectivity index (χ2n) is 2.64. The quantitative estimate of drug-likeness (QED) is 0.463. The molecule has 0 atom stereocenters. The van der Waals surface area contributed by atoms with Crippen LogP contribution in [-0.2, 0) is 9.53 Å². The molecular weight excluding hydrogens is 202 g/mol. The van der Waals surface area contributed by atoms with Gasteiger partial charge in [0.05, 0.1) is 17.8 Å². The molecule has 0 unspecified atom stereocenters. The molecule has 0 amide bonds. The van der Waals surface area contributed by atoms with Gasteiger partial charge in [-0.2, -0.15) is 0 Å². The Bertz CT molecular complexity index is 374. The van der Waals surface area contributed by atoms with E-state index in [0.29, 0.717) is 10.7 Å². The molecule has 0 saturated heterocycles. The van der Waals surface area contributed by atoms with Crippen molar-refractivity contribution < 1.29 is 9.53 Å². The van der Waals surface area contributed by atoms with Crippen molar-refractivity contribution in [1.29, 1.82) is 0 Å². The van der Waals surface area contributed by atoms with Crippen LogP contribution in [-0.4, -0.2) is 13.1 Å². The number of nitrogens with two attached hydrogens (primary N) is 1. The van der Waals surface area contributed by atoms with Crippen molar-refractivity contribution in [2.24, 2.45) is 0 Å². The Kier molecular flexibility index (Phi) is 3.54. The number of nitrogen functional groups attached to an aromatic ring is 1. The van der Waals surface area contributed by atoms with E-state index in [-0.39, 0.29) is 0 Å². The summed E-state index contributed by atoms with van der Waals surface area (Å²) >= 11 is 5.79. The van der Waals surface area contributed by atoms with E-state index in [1.807, 2.05) is 0 Å². The van der Waals surface area contributed by atoms with Gasteiger partial charge in [-0.15, -0.1) is 0 Å². The number of esters is 1. The van der Waals surface area contributed by atoms with Crippen LogP contribution in [0, 0.1) is 0 Å². The van der Waals surface area contributed by atoms with Crippen molar-refractivity contribution in [3.63, 3.8) is 0 Å². The van der Waals surface area contributed by atoms with Crippen LogP contribution in [0.1, 0.15) is 5.56 Å². The van der Waals surface area contributed by atoms with E-state index in [0.717, 1.165) is 5.56 Å². The zero-order chi connectivity index (χ0) is 10.6. The highest BCUT2D eigenvalue weighted by Gasteiger charge is 1.96. The van der Waals surface area contributed by atoms with Crippen LogP contribution in [0.25, 0.3) is 6.08 Å². The Morgan fingerprint density at radius 1 is 1.57 bits per heavy atom. The third kappa shape index (κ3) is 2.78. The first kappa shape index (κ1) is 10.6. The van der Waals surface area contributed by atoms with Crippen molar-refractivity contribution in [3.8, 4) is 0 Å². The predicted molar refractivity (Wildman–Crippen MR) is 56.9 cm³/mol. The van der Waals surface area contributed by atoms with Crippen molar-refractivity contribution >= 4 is 29.3 Å². The molecule has 0 aliphatic rings. The van der Waals surface area contributed by atoms with Crippen LogP contribution in [0.3, 0.4) is 0 Å². The van der Waals surface area contributed by atoms with Gasteiger partial charge in [-0.1, -0.05) is 17.7 Å². The summed E-state index contributed by atoms with van der Waals surface area (Å²) in [7, 11) is 1.32. The minimum atomic E-state index is -0.405. The van der Waals surface area contributed by atoms with Crippen LogP contribution in [0.4, 0.5) is 5.69 Å². The number of ether oxygens (including phenoxy) is 1. The zero-order valence-corrected chi connectivity index (χ0v) is 8.41. The average molecular weight is 212 g/mol. The lowest BCUT2D eigenvalue weighted by atomic mass is 10.2. The number of halogens is 1. The number of methoxy groups -OCH3 is 1. The molecule has 2 N–H and O–H groups in total. The van der Waals surface area contributed by atoms with E-state index in [2.05, 4.69) is 4.74 Å². The molecular formula is C10H10ClNO2. The number of rotatable bonds is 2. The second kappa shape index (κ2) is 4.67. The maximum Gasteiger partial charge on any atom is 0.330 e. The van der Waals surface area contributed by atoms with E-state index < -0.39 is 5.97 Å². The van der Waals surface area contributed by atoms with Gasteiger partial charge in [0, 0.05) is 6.08 Å². The molecule has 0 radical (unpaired) electrons. The SMILES string of the molecule is COC(=O)/C=C/c1ccc(N)c(Cl)c1. The van der Waals surface area contributed by atoms with Crippen LogP contribution in [0.2, 0.25) is 5.02 Å². The van der Waals surface area contributed by atoms with Gasteiger partial charge in [0.1, 0.15) is 0 Å². The summed E-state index contributed by atoms with van der Waals surface area (Å²) in [5.74, 6) is -0.405. The highest BCUT2D eigenvalue weighted by Crippen LogP contribution is 2.20. The maximum atomic E-state index is 10.8. The summed E-state index contributed by atoms with van der Waals surface area (Å²) in [4.78, 5) is 10.8. The number of carbonyl (C=O) groups excluding carboxylic acids is 1. The van der Waals surface area contributed by atoms with Crippen LogP contribution < -0.4 is 5.73 Å². The first-order valence-electron chi connectivity index (χ1n) is 3.94. The van der Waals surface area contributed by atoms with Gasteiger partial charge in [0.15, 0.2) is 0 Å². The molecule has 0 spiro atoms. The first-order chi connectivity index (χ1) is 6.63. The summed E-state index contributed by atoms with van der Waals surface area (Å²) in [5, 5.41) is 0.469. The lowest BCUT2D eigenvalue weighted by molar-refractivity contribution is -0.134. The van der Waals surface area contributed by atoms with Gasteiger partial charge in [0.2, 0.25) is 0 Å². The molecule has 0 heterocycles. The molecule has 4 heteroatoms. The van der Waals surface area contributed by atoms with Crippen molar-refractivity contribution in [1.82, 2.24) is 0 Å². The summed E-state index contributed by atoms with van der Waals surface area (Å²) in [5.41, 5.74) is 6.84. The standard InChI is InChI=1S/C10H10ClNO2/c1-14-10(13)5-3-7-2-4-9(12)8(11)6-7/h2-6H,12H2,1H3/b5-3+. The van der Waals surface area contributed by atoms with Crippen LogP contribution in [0.15, 0.2) is 24.3 Å². The summed E-state index contributed by atoms with van der Waals surface area (Å²) in [6.45, 7) is 0. The van der Waals surface area contributed by atoms with Crippen molar-refractivity contribution in [2.45, 2.75) is 0 Å². The molecule has 74 valence electrons. The Balaban J connectivity index is 2.83. The smallest absolute Gasteiger partial charge is 0.330 e. The molecule has 14 heavy (non-hydrogen) atoms. The topological polar surface area (TPSA) is 52.3 Å². The summed E-state index contributed by atoms with van der Waals surface area (Å²) in [6, 6.07) is 5.12. The largest absolute Gasteiger partial charge is 0.466 e. The van der Waals surface area contributed by atoms with Crippen molar-refractivity contribution in [3.05, 3.63) is 34.9 Å². The number of hydrogen-bond acceptors (Lipinski definition) is 3. The Hall–Kier alpha value is -1.48. The molecule has 1 rings (SSSR count). The monoisotopic (exact) mass is 211 g/mol. The highest BCUT2D eigenvalue weighted by molar-refractivity contribution is 6.33. The molecule has 1 aromatic rings. The van der Waals surface area contributed by atoms with E-state index in [9.17, 15) is 4.79 Å². The number of anilines is 1. The molecule has 0 fully saturated rings. The lowest BCUT2D eigenvalue weighted by Gasteiger charge is -1.98. The van der Waals surface area contributed by atoms with Gasteiger partial charge >= 0.3 is 5.97 Å². The molecule has 1 aromatic carbocycles. The number of hydrogen-bond donors (Lipinski definition) is 1. The van der Waals surface area contributed by atoms with E-state index in [1.165, 1.54) is 13.2 Å². The Morgan fingerprint density at radius 2 is 2.29 bits per heavy atom. The minimum absolute atomic E-state index is 0.405. The fraction of sp³-hybridized carbons (Fsp3) is 0.100. The van der Waals surface area contributed by atoms with E-state index >= 15 is 0 Å². The zero-order valence-electron chi connectivity index (χ0n) is 7.66. The fourth-order valence-corrected chi connectivity index (χ4v) is 1.07. The molecule has 0 bridgehead atoms. The third-order valence-corrected chi connectivity index (χ3v) is 1.96. The van der Waals surface area contributed by atoms with Crippen LogP contribution in [0.5, 0.6) is 0 Å². The van der Waals surface area contributed by atoms with Crippen molar-refractivity contribution in [2.75, 3.05) is 12.8 Å². The van der Waals surface area contributed by atoms with Gasteiger partial charge < -0.3 is 10.5 Å². The van der Waals surface area contributed by atoms with E-state index in [1.54, 1.807) is 24.3 Å². The number of benzene rings is 1. The predicted octanol–water partition coefficient (Wildman–Crippen LogP) is 2.11. The van der Waals surface area contributed by atoms with Crippen LogP contribution >= 0.6 is 11.6 Å². The van der Waals surface area contributed by atoms with Gasteiger partial charge in [0.25, 0.3) is 0 Å². The Morgan fingerprint density at radius 3 is 2.86 bits per heavy atom. The molecule has 0 aliphatic carbocycles. The van der Waals surface area contributed by atoms with E-state index in [4.69, 9.17) is 17.3 Å². The number of carbonyl (C=O) groups is 1. The average Bonchev–Trinajstić information content (AvgIpc) is 2.19. The molecule has 3 nitrogen and oxygen atoms in total. The molecule has 0 saturated carbocycles. The third-order valence-electron chi connectivity index (χ3n) is 1.64. The second-order valence-corrected chi connectivity index (χ2v) is 3.04. The summed E-state index contributed by atoms with van der Waals surface area (Å²) < 4.78 is 4.44. The highest BCUT2D eigenvalue weighted by atomic mass is 35.5. The lowest BCUT2D eigenvalue weighted by Crippen LogP contribution is -1.93. The fourth-order valence-electron chi connectivity index (χ4n) is 0.879. The molecule has 0 aromatic heterocycles.